The van der Waals surface area contributed by atoms with Gasteiger partial charge in [-0.3, -0.25) is 0 Å². The SMILES string of the molecule is C.CCCO.Cc1cc(C)c2cc1C1CCCC3c4cc(c(C)cc4C)C4CCCC5c6cc(c(C)cc6C)C6CCCC2c2cc(c(C)cc2C)[C@H]2CCC[C@@H](c7cc1c(C)cc7C)c1cc(c(C)cc1C)[C@H](CCC[C@@H](c1cc4c(C)cc1C)c1cc(c(C)cc1C)[C@H](CCC[C@@H](c1cc6c(C)cc1C)c1cc2c(C)cc1C)c1cc5c(C)cc1C)c1cc3c(C)cc1C. The van der Waals surface area contributed by atoms with Crippen LogP contribution in [0.4, 0.5) is 0 Å². The van der Waals surface area contributed by atoms with Gasteiger partial charge in [-0.15, -0.1) is 0 Å². The van der Waals surface area contributed by atoms with Gasteiger partial charge in [0.2, 0.25) is 0 Å². The zero-order chi connectivity index (χ0) is 91.8. The summed E-state index contributed by atoms with van der Waals surface area (Å²) < 4.78 is 0. The molecule has 12 aromatic carbocycles. The monoisotopic (exact) mass is 1730 g/mol. The van der Waals surface area contributed by atoms with Gasteiger partial charge in [-0.05, 0) is 517 Å². The minimum atomic E-state index is 0. The topological polar surface area (TPSA) is 20.2 Å². The van der Waals surface area contributed by atoms with Crippen LogP contribution in [0.5, 0.6) is 0 Å². The van der Waals surface area contributed by atoms with E-state index in [2.05, 4.69) is 312 Å². The predicted octanol–water partition coefficient (Wildman–Crippen LogP) is 35.1. The van der Waals surface area contributed by atoms with Crippen LogP contribution in [0.15, 0.2) is 146 Å². The van der Waals surface area contributed by atoms with Crippen molar-refractivity contribution >= 4 is 0 Å². The Bertz CT molecular complexity index is 5140. The summed E-state index contributed by atoms with van der Waals surface area (Å²) in [6.07, 6.45) is 20.0. The highest BCUT2D eigenvalue weighted by molar-refractivity contribution is 5.63. The lowest BCUT2D eigenvalue weighted by molar-refractivity contribution is 0.295. The molecule has 0 unspecified atom stereocenters. The first-order valence-corrected chi connectivity index (χ1v) is 51.2. The summed E-state index contributed by atoms with van der Waals surface area (Å²) >= 11 is 0. The fourth-order valence-corrected chi connectivity index (χ4v) is 28.5. The Balaban J connectivity index is 0.00000235. The molecule has 7 aliphatic rings. The van der Waals surface area contributed by atoms with Crippen LogP contribution in [0.25, 0.3) is 0 Å². The van der Waals surface area contributed by atoms with Gasteiger partial charge in [0.15, 0.2) is 0 Å². The summed E-state index contributed by atoms with van der Waals surface area (Å²) in [5.41, 5.74) is 71.3. The molecule has 36 bridgehead atoms. The second-order valence-electron chi connectivity index (χ2n) is 43.7. The van der Waals surface area contributed by atoms with Gasteiger partial charge in [0, 0.05) is 77.6 Å². The van der Waals surface area contributed by atoms with E-state index in [1.807, 2.05) is 6.92 Å². The molecule has 1 N–H and O–H groups in total. The number of hydrogen-bond donors (Lipinski definition) is 1. The Kier molecular flexibility index (Phi) is 26.7. The van der Waals surface area contributed by atoms with Gasteiger partial charge in [-0.25, -0.2) is 0 Å². The first-order valence-electron chi connectivity index (χ1n) is 51.2. The molecule has 7 aliphatic carbocycles. The first kappa shape index (κ1) is 93.4. The van der Waals surface area contributed by atoms with E-state index in [0.29, 0.717) is 6.61 Å². The molecular weight excluding hydrogens is 1580 g/mol. The van der Waals surface area contributed by atoms with Crippen molar-refractivity contribution in [2.45, 2.75) is 374 Å². The van der Waals surface area contributed by atoms with E-state index in [4.69, 9.17) is 5.11 Å². The number of aliphatic hydroxyl groups is 1. The van der Waals surface area contributed by atoms with Crippen molar-refractivity contribution in [2.24, 2.45) is 0 Å². The maximum atomic E-state index is 7.88. The number of benzene rings is 12. The first-order chi connectivity index (χ1) is 62.3. The molecule has 0 fully saturated rings. The summed E-state index contributed by atoms with van der Waals surface area (Å²) in [7, 11) is 0. The smallest absolute Gasteiger partial charge is 0.0428 e. The van der Waals surface area contributed by atoms with Crippen LogP contribution < -0.4 is 0 Å². The normalized spacial score (nSPS) is 22.0. The van der Waals surface area contributed by atoms with Crippen LogP contribution in [-0.2, 0) is 0 Å². The zero-order valence-electron chi connectivity index (χ0n) is 84.4. The average molecular weight is 1730 g/mol. The van der Waals surface area contributed by atoms with Crippen molar-refractivity contribution in [3.8, 4) is 0 Å². The fourth-order valence-electron chi connectivity index (χ4n) is 28.5. The van der Waals surface area contributed by atoms with E-state index in [1.165, 1.54) is 267 Å². The molecule has 0 aromatic heterocycles. The summed E-state index contributed by atoms with van der Waals surface area (Å²) in [5.74, 6) is 1.90. The molecule has 19 rings (SSSR count). The molecule has 12 aromatic rings. The van der Waals surface area contributed by atoms with E-state index in [-0.39, 0.29) is 78.4 Å². The molecule has 131 heavy (non-hydrogen) atoms. The molecule has 0 radical (unpaired) electrons. The van der Waals surface area contributed by atoms with E-state index in [9.17, 15) is 0 Å². The van der Waals surface area contributed by atoms with Gasteiger partial charge < -0.3 is 5.11 Å². The van der Waals surface area contributed by atoms with Crippen molar-refractivity contribution in [1.82, 2.24) is 0 Å². The number of rotatable bonds is 1. The van der Waals surface area contributed by atoms with Crippen LogP contribution in [0, 0.1) is 166 Å². The van der Waals surface area contributed by atoms with E-state index < -0.39 is 0 Å². The highest BCUT2D eigenvalue weighted by atomic mass is 16.2. The summed E-state index contributed by atoms with van der Waals surface area (Å²) in [4.78, 5) is 0. The van der Waals surface area contributed by atoms with E-state index in [1.54, 1.807) is 0 Å². The fraction of sp³-hybridized carbons (Fsp3) is 0.446. The molecule has 1 nitrogen and oxygen atoms in total. The Labute approximate surface area is 792 Å². The van der Waals surface area contributed by atoms with Gasteiger partial charge in [0.1, 0.15) is 0 Å². The number of aryl methyl sites for hydroxylation is 24. The summed E-state index contributed by atoms with van der Waals surface area (Å²) in [5, 5.41) is 7.88. The molecular formula is C130H156O. The molecule has 0 aliphatic heterocycles. The quantitative estimate of drug-likeness (QED) is 0.174. The van der Waals surface area contributed by atoms with Crippen LogP contribution in [0.3, 0.4) is 0 Å². The molecule has 0 heterocycles. The molecule has 0 spiro atoms. The Morgan fingerprint density at radius 1 is 0.145 bits per heavy atom. The maximum absolute atomic E-state index is 7.88. The third-order valence-electron chi connectivity index (χ3n) is 35.0. The number of fused-ring (bicyclic) bond motifs is 24. The van der Waals surface area contributed by atoms with Crippen LogP contribution in [0.1, 0.15) is 474 Å². The van der Waals surface area contributed by atoms with Crippen LogP contribution in [0.2, 0.25) is 0 Å². The molecule has 0 amide bonds. The van der Waals surface area contributed by atoms with Gasteiger partial charge >= 0.3 is 0 Å². The van der Waals surface area contributed by atoms with Crippen LogP contribution >= 0.6 is 0 Å². The van der Waals surface area contributed by atoms with Crippen molar-refractivity contribution in [3.63, 3.8) is 0 Å². The lowest BCUT2D eigenvalue weighted by Gasteiger charge is -2.34. The third kappa shape index (κ3) is 17.0. The predicted molar refractivity (Wildman–Crippen MR) is 560 cm³/mol. The van der Waals surface area contributed by atoms with Crippen molar-refractivity contribution < 1.29 is 5.11 Å². The minimum Gasteiger partial charge on any atom is -0.396 e. The van der Waals surface area contributed by atoms with Gasteiger partial charge in [-0.2, -0.15) is 0 Å². The van der Waals surface area contributed by atoms with Crippen molar-refractivity contribution in [2.75, 3.05) is 6.61 Å². The van der Waals surface area contributed by atoms with Gasteiger partial charge in [0.25, 0.3) is 0 Å². The van der Waals surface area contributed by atoms with E-state index >= 15 is 0 Å². The molecule has 0 atom stereocenters. The standard InChI is InChI=1S/C126H144.C3H8O.CH4/c1-67-43-68(2)104-55-103(67)91-31-25-32-93-105-56-107(71(5)44-69(105)3)96-37-28-38-99-112-59-110(74(8)47-76(112)10)98(120-63-119(93)83(17)51-84(120)18)39-29-40-101-113-60-114(78(12)48-77(113)11)102(126-66-125(99)89(23)54-90(126)24)42-30-41-100-111-58-109(73(7)46-75(111)9)97(123-65-124(101)88(22)53-87(123)21)36-27-35-94(116-61-115(91)79(13)49-80(116)14)106-57-108(72(6)45-70(106)4)95(121-64-122(100)86(20)52-85(121)19)34-26-33-92(104)117-62-118(96)82(16)50-81(117)15;1-2-3-4;/h43-66,91-102H,25-42H2,1-24H3;4H,2-3H2,1H3;1H4/t91-,92?,93+,94+,95?,96?,97-,98-,99?,100?,101+,102?;;. The summed E-state index contributed by atoms with van der Waals surface area (Å²) in [6.45, 7) is 62.4. The molecule has 1 heteroatoms. The highest BCUT2D eigenvalue weighted by Crippen LogP contribution is 2.56. The maximum Gasteiger partial charge on any atom is 0.0428 e. The van der Waals surface area contributed by atoms with Crippen LogP contribution in [-0.4, -0.2) is 11.7 Å². The lowest BCUT2D eigenvalue weighted by Crippen LogP contribution is -2.18. The lowest BCUT2D eigenvalue weighted by atomic mass is 9.70. The van der Waals surface area contributed by atoms with E-state index in [0.717, 1.165) is 122 Å². The largest absolute Gasteiger partial charge is 0.396 e. The number of aliphatic hydroxyl groups excluding tert-OH is 1. The number of hydrogen-bond acceptors (Lipinski definition) is 1. The second-order valence-corrected chi connectivity index (χ2v) is 43.7. The van der Waals surface area contributed by atoms with Gasteiger partial charge in [0.05, 0.1) is 0 Å². The highest BCUT2D eigenvalue weighted by Gasteiger charge is 2.39. The molecule has 0 saturated carbocycles. The third-order valence-corrected chi connectivity index (χ3v) is 35.0. The zero-order valence-corrected chi connectivity index (χ0v) is 84.4. The van der Waals surface area contributed by atoms with Crippen molar-refractivity contribution in [1.29, 1.82) is 0 Å². The Morgan fingerprint density at radius 3 is 0.260 bits per heavy atom. The molecule has 0 saturated heterocycles. The summed E-state index contributed by atoms with van der Waals surface area (Å²) in [6, 6.07) is 66.5. The Morgan fingerprint density at radius 2 is 0.206 bits per heavy atom. The minimum absolute atomic E-state index is 0. The van der Waals surface area contributed by atoms with Gasteiger partial charge in [-0.1, -0.05) is 198 Å². The Hall–Kier alpha value is -9.40. The second kappa shape index (κ2) is 37.5. The average Bonchev–Trinajstić information content (AvgIpc) is 0.761. The molecule has 682 valence electrons. The van der Waals surface area contributed by atoms with Crippen molar-refractivity contribution in [3.05, 3.63) is 413 Å².